The van der Waals surface area contributed by atoms with Gasteiger partial charge < -0.3 is 15.1 Å². The molecule has 0 unspecified atom stereocenters. The molecule has 13 nitrogen and oxygen atoms in total. The van der Waals surface area contributed by atoms with E-state index in [2.05, 4.69) is 9.97 Å². The SMILES string of the molecule is O=c1c2ccc(S(=O)(=O)O)cc2c(=O)c2c1cc(O)c1[nH]c3c([nH]c12)c(S(=O)(=O)O)cc1c(=O)c2ccccc2c(=O)c13. The number of phenolic OH excluding ortho intramolecular Hbond substituents is 1. The molecule has 1 heterocycles. The number of hydrogen-bond acceptors (Lipinski definition) is 9. The number of hydrogen-bond donors (Lipinski definition) is 5. The molecule has 7 rings (SSSR count). The van der Waals surface area contributed by atoms with E-state index in [1.807, 2.05) is 0 Å². The van der Waals surface area contributed by atoms with Crippen LogP contribution in [0.4, 0.5) is 0 Å². The molecule has 6 aromatic carbocycles. The molecule has 0 atom stereocenters. The highest BCUT2D eigenvalue weighted by atomic mass is 32.2. The minimum atomic E-state index is -5.10. The number of phenols is 1. The van der Waals surface area contributed by atoms with Crippen LogP contribution in [0.3, 0.4) is 0 Å². The summed E-state index contributed by atoms with van der Waals surface area (Å²) < 4.78 is 68.1. The van der Waals surface area contributed by atoms with Crippen LogP contribution in [0.25, 0.3) is 65.2 Å². The fourth-order valence-electron chi connectivity index (χ4n) is 5.62. The summed E-state index contributed by atoms with van der Waals surface area (Å²) in [5.74, 6) is -0.605. The summed E-state index contributed by atoms with van der Waals surface area (Å²) in [6, 6.07) is 10.4. The van der Waals surface area contributed by atoms with Crippen molar-refractivity contribution >= 4 is 85.4 Å². The smallest absolute Gasteiger partial charge is 0.296 e. The monoisotopic (exact) mass is 618 g/mol. The second-order valence-corrected chi connectivity index (χ2v) is 12.7. The molecule has 214 valence electrons. The number of aromatic nitrogens is 2. The Morgan fingerprint density at radius 3 is 1.63 bits per heavy atom. The topological polar surface area (TPSA) is 229 Å². The third kappa shape index (κ3) is 3.63. The second kappa shape index (κ2) is 8.42. The van der Waals surface area contributed by atoms with Gasteiger partial charge >= 0.3 is 0 Å². The van der Waals surface area contributed by atoms with Crippen LogP contribution in [-0.2, 0) is 20.2 Å². The molecule has 0 aliphatic heterocycles. The number of rotatable bonds is 2. The Morgan fingerprint density at radius 1 is 0.512 bits per heavy atom. The molecule has 15 heteroatoms. The Bertz CT molecular complexity index is 2930. The van der Waals surface area contributed by atoms with E-state index < -0.39 is 73.8 Å². The largest absolute Gasteiger partial charge is 0.506 e. The Labute approximate surface area is 237 Å². The van der Waals surface area contributed by atoms with Gasteiger partial charge in [0.25, 0.3) is 20.2 Å². The number of benzene rings is 6. The molecule has 0 fully saturated rings. The van der Waals surface area contributed by atoms with Crippen LogP contribution in [0.5, 0.6) is 5.75 Å². The van der Waals surface area contributed by atoms with Crippen molar-refractivity contribution in [1.82, 2.24) is 9.97 Å². The maximum absolute atomic E-state index is 13.7. The van der Waals surface area contributed by atoms with E-state index in [-0.39, 0.29) is 48.9 Å². The van der Waals surface area contributed by atoms with Crippen LogP contribution < -0.4 is 21.7 Å². The zero-order valence-corrected chi connectivity index (χ0v) is 22.8. The van der Waals surface area contributed by atoms with Crippen LogP contribution in [0, 0.1) is 0 Å². The predicted molar refractivity (Wildman–Crippen MR) is 158 cm³/mol. The van der Waals surface area contributed by atoms with E-state index in [9.17, 15) is 50.2 Å². The molecule has 0 bridgehead atoms. The highest BCUT2D eigenvalue weighted by molar-refractivity contribution is 7.86. The molecule has 0 saturated heterocycles. The van der Waals surface area contributed by atoms with E-state index >= 15 is 0 Å². The highest BCUT2D eigenvalue weighted by Crippen LogP contribution is 2.34. The molecule has 43 heavy (non-hydrogen) atoms. The average Bonchev–Trinajstić information content (AvgIpc) is 2.95. The third-order valence-electron chi connectivity index (χ3n) is 7.51. The van der Waals surface area contributed by atoms with Crippen molar-refractivity contribution in [2.24, 2.45) is 0 Å². The summed E-state index contributed by atoms with van der Waals surface area (Å²) in [4.78, 5) is 57.9. The summed E-state index contributed by atoms with van der Waals surface area (Å²) >= 11 is 0. The normalized spacial score (nSPS) is 12.8. The summed E-state index contributed by atoms with van der Waals surface area (Å²) in [6.45, 7) is 0. The lowest BCUT2D eigenvalue weighted by Crippen LogP contribution is -2.16. The summed E-state index contributed by atoms with van der Waals surface area (Å²) in [5, 5.41) is 9.03. The van der Waals surface area contributed by atoms with E-state index in [1.54, 1.807) is 0 Å². The van der Waals surface area contributed by atoms with Crippen LogP contribution in [0.1, 0.15) is 0 Å². The fraction of sp³-hybridized carbons (Fsp3) is 0. The molecule has 7 aromatic rings. The van der Waals surface area contributed by atoms with Gasteiger partial charge in [0.15, 0.2) is 21.7 Å². The standard InChI is InChI=1S/C28H14N2O11S2/c31-17-8-15-19(28(35)14-7-10(42(36,37)38)5-6-13(14)26(15)33)23-21(17)29-24-20-16(9-18(22(24)30-23)43(39,40)41)25(32)11-3-1-2-4-12(11)27(20)34/h1-9,29-31H,(H,36,37,38)(H,39,40,41). The van der Waals surface area contributed by atoms with E-state index in [0.717, 1.165) is 30.3 Å². The highest BCUT2D eigenvalue weighted by Gasteiger charge is 2.25. The predicted octanol–water partition coefficient (Wildman–Crippen LogP) is 2.34. The van der Waals surface area contributed by atoms with Gasteiger partial charge in [-0.25, -0.2) is 0 Å². The van der Waals surface area contributed by atoms with Crippen molar-refractivity contribution in [3.63, 3.8) is 0 Å². The van der Waals surface area contributed by atoms with Crippen LogP contribution in [0.15, 0.2) is 83.6 Å². The first kappa shape index (κ1) is 26.7. The van der Waals surface area contributed by atoms with E-state index in [4.69, 9.17) is 0 Å². The summed E-state index contributed by atoms with van der Waals surface area (Å²) in [7, 11) is -9.87. The van der Waals surface area contributed by atoms with E-state index in [0.29, 0.717) is 0 Å². The van der Waals surface area contributed by atoms with Gasteiger partial charge in [0, 0.05) is 32.3 Å². The molecule has 0 aliphatic carbocycles. The van der Waals surface area contributed by atoms with Crippen LogP contribution >= 0.6 is 0 Å². The molecule has 0 amide bonds. The first-order chi connectivity index (χ1) is 20.2. The van der Waals surface area contributed by atoms with Crippen molar-refractivity contribution in [2.45, 2.75) is 9.79 Å². The molecule has 0 spiro atoms. The number of aromatic hydroxyl groups is 1. The maximum Gasteiger partial charge on any atom is 0.296 e. The van der Waals surface area contributed by atoms with Crippen molar-refractivity contribution in [2.75, 3.05) is 0 Å². The minimum absolute atomic E-state index is 0.00867. The number of H-pyrrole nitrogens is 2. The van der Waals surface area contributed by atoms with Gasteiger partial charge in [-0.1, -0.05) is 24.3 Å². The third-order valence-corrected chi connectivity index (χ3v) is 9.24. The van der Waals surface area contributed by atoms with E-state index in [1.165, 1.54) is 24.3 Å². The Kier molecular flexibility index (Phi) is 5.22. The van der Waals surface area contributed by atoms with Crippen molar-refractivity contribution in [1.29, 1.82) is 0 Å². The summed E-state index contributed by atoms with van der Waals surface area (Å²) in [6.07, 6.45) is 0. The van der Waals surface area contributed by atoms with Gasteiger partial charge in [0.2, 0.25) is 0 Å². The first-order valence-electron chi connectivity index (χ1n) is 12.2. The van der Waals surface area contributed by atoms with Gasteiger partial charge in [-0.15, -0.1) is 0 Å². The molecule has 5 N–H and O–H groups in total. The number of nitrogens with one attached hydrogen (secondary N) is 2. The van der Waals surface area contributed by atoms with Crippen molar-refractivity contribution < 1.29 is 31.0 Å². The van der Waals surface area contributed by atoms with Gasteiger partial charge in [0.1, 0.15) is 16.2 Å². The van der Waals surface area contributed by atoms with Gasteiger partial charge in [-0.2, -0.15) is 16.8 Å². The molecular weight excluding hydrogens is 604 g/mol. The van der Waals surface area contributed by atoms with Gasteiger partial charge in [0.05, 0.1) is 32.2 Å². The lowest BCUT2D eigenvalue weighted by atomic mass is 9.99. The first-order valence-corrected chi connectivity index (χ1v) is 15.1. The van der Waals surface area contributed by atoms with Gasteiger partial charge in [-0.05, 0) is 30.3 Å². The lowest BCUT2D eigenvalue weighted by Gasteiger charge is -2.13. The van der Waals surface area contributed by atoms with Crippen LogP contribution in [0.2, 0.25) is 0 Å². The van der Waals surface area contributed by atoms with Gasteiger partial charge in [-0.3, -0.25) is 28.3 Å². The molecular formula is C28H14N2O11S2. The van der Waals surface area contributed by atoms with Crippen LogP contribution in [-0.4, -0.2) is 41.0 Å². The molecule has 0 radical (unpaired) electrons. The zero-order chi connectivity index (χ0) is 30.7. The minimum Gasteiger partial charge on any atom is -0.506 e. The quantitative estimate of drug-likeness (QED) is 0.107. The summed E-state index contributed by atoms with van der Waals surface area (Å²) in [5.41, 5.74) is -4.46. The number of aromatic amines is 2. The van der Waals surface area contributed by atoms with Crippen molar-refractivity contribution in [3.8, 4) is 5.75 Å². The molecule has 1 aromatic heterocycles. The molecule has 0 saturated carbocycles. The molecule has 0 aliphatic rings. The second-order valence-electron chi connectivity index (χ2n) is 9.89. The maximum atomic E-state index is 13.7. The van der Waals surface area contributed by atoms with Crippen molar-refractivity contribution in [3.05, 3.63) is 95.5 Å². The lowest BCUT2D eigenvalue weighted by molar-refractivity contribution is 0.480. The zero-order valence-electron chi connectivity index (χ0n) is 21.1. The number of fused-ring (bicyclic) bond motifs is 8. The Morgan fingerprint density at radius 2 is 1.02 bits per heavy atom. The Balaban J connectivity index is 1.79. The Hall–Kier alpha value is -5.22. The fourth-order valence-corrected chi connectivity index (χ4v) is 6.80. The average molecular weight is 619 g/mol.